The highest BCUT2D eigenvalue weighted by atomic mass is 79.9. The number of fused-ring (bicyclic) bond motifs is 1. The second-order valence-electron chi connectivity index (χ2n) is 9.81. The van der Waals surface area contributed by atoms with Gasteiger partial charge in [-0.05, 0) is 52.9 Å². The SMILES string of the molecule is CC.CC(Cc1ccccc1)C(=O)N1CCC(Nc2cc(-c3ccccc3O)nc3c(Br)cnn23)CC1.CCC. The Balaban J connectivity index is 0.000000827. The number of amides is 1. The molecular weight excluding hydrogens is 566 g/mol. The van der Waals surface area contributed by atoms with Gasteiger partial charge in [-0.1, -0.05) is 83.5 Å². The lowest BCUT2D eigenvalue weighted by Gasteiger charge is -2.34. The van der Waals surface area contributed by atoms with Crippen molar-refractivity contribution in [3.05, 3.63) is 76.9 Å². The van der Waals surface area contributed by atoms with E-state index in [-0.39, 0.29) is 23.6 Å². The molecule has 2 N–H and O–H groups in total. The number of rotatable bonds is 6. The number of para-hydroxylation sites is 1. The molecule has 0 saturated carbocycles. The Kier molecular flexibility index (Phi) is 12.0. The topological polar surface area (TPSA) is 82.8 Å². The smallest absolute Gasteiger partial charge is 0.225 e. The maximum Gasteiger partial charge on any atom is 0.225 e. The Morgan fingerprint density at radius 3 is 2.35 bits per heavy atom. The van der Waals surface area contributed by atoms with Gasteiger partial charge in [-0.2, -0.15) is 9.61 Å². The lowest BCUT2D eigenvalue weighted by atomic mass is 9.97. The summed E-state index contributed by atoms with van der Waals surface area (Å²) in [5.41, 5.74) is 3.20. The highest BCUT2D eigenvalue weighted by molar-refractivity contribution is 9.10. The number of halogens is 1. The molecule has 2 aromatic heterocycles. The Hall–Kier alpha value is -3.39. The quantitative estimate of drug-likeness (QED) is 0.236. The van der Waals surface area contributed by atoms with Crippen LogP contribution in [0.3, 0.4) is 0 Å². The van der Waals surface area contributed by atoms with Gasteiger partial charge in [-0.15, -0.1) is 0 Å². The van der Waals surface area contributed by atoms with Crippen molar-refractivity contribution in [2.45, 2.75) is 66.3 Å². The average molecular weight is 609 g/mol. The Morgan fingerprint density at radius 2 is 1.70 bits per heavy atom. The Labute approximate surface area is 246 Å². The number of benzene rings is 2. The number of aromatic nitrogens is 3. The molecule has 1 fully saturated rings. The highest BCUT2D eigenvalue weighted by Crippen LogP contribution is 2.31. The van der Waals surface area contributed by atoms with Crippen LogP contribution in [-0.2, 0) is 11.2 Å². The molecule has 1 atom stereocenters. The molecule has 1 amide bonds. The van der Waals surface area contributed by atoms with Gasteiger partial charge in [0, 0.05) is 36.7 Å². The van der Waals surface area contributed by atoms with Gasteiger partial charge >= 0.3 is 0 Å². The molecule has 4 aromatic rings. The first-order valence-corrected chi connectivity index (χ1v) is 15.1. The van der Waals surface area contributed by atoms with Gasteiger partial charge in [-0.25, -0.2) is 4.98 Å². The first kappa shape index (κ1) is 31.1. The lowest BCUT2D eigenvalue weighted by molar-refractivity contribution is -0.135. The van der Waals surface area contributed by atoms with E-state index in [0.29, 0.717) is 16.9 Å². The van der Waals surface area contributed by atoms with Crippen LogP contribution in [0.15, 0.2) is 71.3 Å². The summed E-state index contributed by atoms with van der Waals surface area (Å²) >= 11 is 3.53. The normalized spacial score (nSPS) is 14.0. The van der Waals surface area contributed by atoms with Gasteiger partial charge in [0.1, 0.15) is 11.6 Å². The summed E-state index contributed by atoms with van der Waals surface area (Å²) in [5, 5.41) is 18.4. The molecule has 1 saturated heterocycles. The van der Waals surface area contributed by atoms with E-state index >= 15 is 0 Å². The van der Waals surface area contributed by atoms with Gasteiger partial charge in [0.15, 0.2) is 5.65 Å². The molecule has 0 aliphatic carbocycles. The molecule has 0 bridgehead atoms. The minimum absolute atomic E-state index is 0.0377. The number of carbonyl (C=O) groups excluding carboxylic acids is 1. The molecule has 0 radical (unpaired) electrons. The van der Waals surface area contributed by atoms with Crippen LogP contribution in [0.4, 0.5) is 5.82 Å². The molecular formula is C32H42BrN5O2. The van der Waals surface area contributed by atoms with Gasteiger partial charge in [0.05, 0.1) is 16.4 Å². The van der Waals surface area contributed by atoms with Crippen LogP contribution < -0.4 is 5.32 Å². The summed E-state index contributed by atoms with van der Waals surface area (Å²) in [6.07, 6.45) is 5.43. The largest absolute Gasteiger partial charge is 0.507 e. The predicted molar refractivity (Wildman–Crippen MR) is 168 cm³/mol. The molecule has 3 heterocycles. The number of phenolic OH excluding ortho intramolecular Hbond substituents is 1. The van der Waals surface area contributed by atoms with Gasteiger partial charge in [-0.3, -0.25) is 4.79 Å². The van der Waals surface area contributed by atoms with E-state index in [1.807, 2.05) is 62.1 Å². The molecule has 8 heteroatoms. The molecule has 1 aliphatic heterocycles. The van der Waals surface area contributed by atoms with Gasteiger partial charge < -0.3 is 15.3 Å². The predicted octanol–water partition coefficient (Wildman–Crippen LogP) is 7.59. The minimum atomic E-state index is -0.0377. The molecule has 1 unspecified atom stereocenters. The summed E-state index contributed by atoms with van der Waals surface area (Å²) in [6, 6.07) is 19.5. The number of phenols is 1. The molecule has 2 aromatic carbocycles. The van der Waals surface area contributed by atoms with Crippen molar-refractivity contribution in [2.24, 2.45) is 5.92 Å². The molecule has 7 nitrogen and oxygen atoms in total. The van der Waals surface area contributed by atoms with Crippen molar-refractivity contribution < 1.29 is 9.90 Å². The van der Waals surface area contributed by atoms with Crippen LogP contribution in [0.2, 0.25) is 0 Å². The van der Waals surface area contributed by atoms with Crippen LogP contribution >= 0.6 is 15.9 Å². The van der Waals surface area contributed by atoms with Crippen LogP contribution in [0.1, 0.15) is 59.4 Å². The fourth-order valence-corrected chi connectivity index (χ4v) is 5.04. The zero-order chi connectivity index (χ0) is 29.1. The number of nitrogens with zero attached hydrogens (tertiary/aromatic N) is 4. The fourth-order valence-electron chi connectivity index (χ4n) is 4.69. The number of hydrogen-bond acceptors (Lipinski definition) is 5. The second kappa shape index (κ2) is 15.4. The van der Waals surface area contributed by atoms with Crippen LogP contribution in [0.5, 0.6) is 5.75 Å². The lowest BCUT2D eigenvalue weighted by Crippen LogP contribution is -2.44. The van der Waals surface area contributed by atoms with Crippen molar-refractivity contribution in [3.63, 3.8) is 0 Å². The average Bonchev–Trinajstić information content (AvgIpc) is 3.36. The number of likely N-dealkylation sites (tertiary alicyclic amines) is 1. The van der Waals surface area contributed by atoms with Crippen molar-refractivity contribution in [3.8, 4) is 17.0 Å². The fraction of sp³-hybridized carbons (Fsp3) is 0.406. The standard InChI is InChI=1S/C27H28BrN5O2.C3H8.C2H6/c1-18(15-19-7-3-2-4-8-19)27(35)32-13-11-20(12-14-32)30-25-16-23(21-9-5-6-10-24(21)34)31-26-22(28)17-29-33(25)26;1-3-2;1-2/h2-10,16-18,20,30,34H,11-15H2,1H3;3H2,1-2H3;1-2H3. The van der Waals surface area contributed by atoms with Crippen molar-refractivity contribution in [1.82, 2.24) is 19.5 Å². The number of aromatic hydroxyl groups is 1. The van der Waals surface area contributed by atoms with Crippen molar-refractivity contribution >= 4 is 33.3 Å². The zero-order valence-electron chi connectivity index (χ0n) is 24.3. The molecule has 214 valence electrons. The van der Waals surface area contributed by atoms with Gasteiger partial charge in [0.25, 0.3) is 0 Å². The minimum Gasteiger partial charge on any atom is -0.507 e. The Bertz CT molecular complexity index is 1350. The van der Waals surface area contributed by atoms with E-state index in [0.717, 1.165) is 42.6 Å². The highest BCUT2D eigenvalue weighted by Gasteiger charge is 2.27. The summed E-state index contributed by atoms with van der Waals surface area (Å²) < 4.78 is 2.55. The van der Waals surface area contributed by atoms with E-state index < -0.39 is 0 Å². The first-order valence-electron chi connectivity index (χ1n) is 14.3. The Morgan fingerprint density at radius 1 is 1.07 bits per heavy atom. The van der Waals surface area contributed by atoms with Gasteiger partial charge in [0.2, 0.25) is 5.91 Å². The number of hydrogen-bond donors (Lipinski definition) is 2. The van der Waals surface area contributed by atoms with E-state index in [9.17, 15) is 9.90 Å². The summed E-state index contributed by atoms with van der Waals surface area (Å²) in [6.45, 7) is 11.7. The van der Waals surface area contributed by atoms with Crippen molar-refractivity contribution in [1.29, 1.82) is 0 Å². The van der Waals surface area contributed by atoms with E-state index in [2.05, 4.69) is 52.3 Å². The monoisotopic (exact) mass is 607 g/mol. The summed E-state index contributed by atoms with van der Waals surface area (Å²) in [7, 11) is 0. The maximum atomic E-state index is 13.0. The van der Waals surface area contributed by atoms with E-state index in [1.54, 1.807) is 22.8 Å². The number of piperidine rings is 1. The second-order valence-corrected chi connectivity index (χ2v) is 10.7. The first-order chi connectivity index (χ1) is 19.4. The molecule has 5 rings (SSSR count). The zero-order valence-corrected chi connectivity index (χ0v) is 25.9. The van der Waals surface area contributed by atoms with Crippen molar-refractivity contribution in [2.75, 3.05) is 18.4 Å². The molecule has 40 heavy (non-hydrogen) atoms. The number of nitrogens with one attached hydrogen (secondary N) is 1. The van der Waals surface area contributed by atoms with E-state index in [1.165, 1.54) is 12.0 Å². The molecule has 0 spiro atoms. The third-order valence-electron chi connectivity index (χ3n) is 6.57. The maximum absolute atomic E-state index is 13.0. The van der Waals surface area contributed by atoms with Crippen LogP contribution in [0.25, 0.3) is 16.9 Å². The summed E-state index contributed by atoms with van der Waals surface area (Å²) in [5.74, 6) is 1.17. The van der Waals surface area contributed by atoms with E-state index in [4.69, 9.17) is 4.98 Å². The molecule has 1 aliphatic rings. The third kappa shape index (κ3) is 7.84. The van der Waals surface area contributed by atoms with Crippen LogP contribution in [-0.4, -0.2) is 49.6 Å². The number of anilines is 1. The third-order valence-corrected chi connectivity index (χ3v) is 7.13. The van der Waals surface area contributed by atoms with Crippen LogP contribution in [0, 0.1) is 5.92 Å². The number of carbonyl (C=O) groups is 1. The summed E-state index contributed by atoms with van der Waals surface area (Å²) in [4.78, 5) is 19.7.